The predicted molar refractivity (Wildman–Crippen MR) is 79.9 cm³/mol. The summed E-state index contributed by atoms with van der Waals surface area (Å²) in [6, 6.07) is 8.41. The van der Waals surface area contributed by atoms with Gasteiger partial charge in [-0.05, 0) is 56.4 Å². The molecule has 1 aromatic carbocycles. The fourth-order valence-electron chi connectivity index (χ4n) is 3.16. The van der Waals surface area contributed by atoms with Gasteiger partial charge in [-0.2, -0.15) is 0 Å². The lowest BCUT2D eigenvalue weighted by Crippen LogP contribution is -2.48. The number of anilines is 2. The molecule has 1 atom stereocenters. The molecule has 1 saturated heterocycles. The molecule has 3 rings (SSSR count). The highest BCUT2D eigenvalue weighted by Crippen LogP contribution is 2.42. The number of nitrogens with one attached hydrogen (secondary N) is 2. The van der Waals surface area contributed by atoms with Gasteiger partial charge in [-0.1, -0.05) is 0 Å². The first-order chi connectivity index (χ1) is 9.65. The third-order valence-electron chi connectivity index (χ3n) is 4.33. The van der Waals surface area contributed by atoms with Crippen LogP contribution in [-0.4, -0.2) is 24.2 Å². The topological polar surface area (TPSA) is 50.4 Å². The average Bonchev–Trinajstić information content (AvgIpc) is 2.39. The number of hydrogen-bond donors (Lipinski definition) is 2. The molecule has 20 heavy (non-hydrogen) atoms. The van der Waals surface area contributed by atoms with Crippen LogP contribution in [0.25, 0.3) is 0 Å². The summed E-state index contributed by atoms with van der Waals surface area (Å²) in [5.74, 6) is -0.0398. The van der Waals surface area contributed by atoms with Crippen molar-refractivity contribution in [3.8, 4) is 0 Å². The Labute approximate surface area is 119 Å². The molecular formula is C16H22N2O2. The zero-order valence-electron chi connectivity index (χ0n) is 11.9. The second kappa shape index (κ2) is 5.44. The Morgan fingerprint density at radius 1 is 1.25 bits per heavy atom. The van der Waals surface area contributed by atoms with Crippen molar-refractivity contribution < 1.29 is 9.53 Å². The molecule has 1 spiro atoms. The molecule has 0 aromatic heterocycles. The van der Waals surface area contributed by atoms with E-state index in [2.05, 4.69) is 10.6 Å². The molecule has 0 bridgehead atoms. The summed E-state index contributed by atoms with van der Waals surface area (Å²) >= 11 is 0. The van der Waals surface area contributed by atoms with Crippen LogP contribution in [0.3, 0.4) is 0 Å². The van der Waals surface area contributed by atoms with E-state index in [-0.39, 0.29) is 11.5 Å². The molecule has 108 valence electrons. The van der Waals surface area contributed by atoms with Crippen LogP contribution in [0, 0.1) is 0 Å². The van der Waals surface area contributed by atoms with Crippen LogP contribution in [0.2, 0.25) is 0 Å². The van der Waals surface area contributed by atoms with Gasteiger partial charge in [0, 0.05) is 30.9 Å². The van der Waals surface area contributed by atoms with Crippen LogP contribution in [0.4, 0.5) is 11.4 Å². The SMILES string of the molecule is CC(=O)Nc1ccc(NC2CCOC3(CCC3)C2)cc1. The number of hydrogen-bond acceptors (Lipinski definition) is 3. The van der Waals surface area contributed by atoms with Crippen molar-refractivity contribution in [2.24, 2.45) is 0 Å². The van der Waals surface area contributed by atoms with Crippen LogP contribution >= 0.6 is 0 Å². The minimum atomic E-state index is -0.0398. The van der Waals surface area contributed by atoms with Gasteiger partial charge < -0.3 is 15.4 Å². The van der Waals surface area contributed by atoms with Gasteiger partial charge >= 0.3 is 0 Å². The molecule has 1 aliphatic heterocycles. The van der Waals surface area contributed by atoms with Crippen LogP contribution in [0.1, 0.15) is 39.0 Å². The molecule has 2 N–H and O–H groups in total. The normalized spacial score (nSPS) is 23.9. The molecule has 1 heterocycles. The highest BCUT2D eigenvalue weighted by molar-refractivity contribution is 5.88. The quantitative estimate of drug-likeness (QED) is 0.890. The summed E-state index contributed by atoms with van der Waals surface area (Å²) in [5, 5.41) is 6.37. The van der Waals surface area contributed by atoms with Crippen molar-refractivity contribution >= 4 is 17.3 Å². The monoisotopic (exact) mass is 274 g/mol. The lowest BCUT2D eigenvalue weighted by atomic mass is 9.74. The van der Waals surface area contributed by atoms with Crippen molar-refractivity contribution in [2.75, 3.05) is 17.2 Å². The van der Waals surface area contributed by atoms with Gasteiger partial charge in [-0.25, -0.2) is 0 Å². The minimum Gasteiger partial charge on any atom is -0.382 e. The number of ether oxygens (including phenoxy) is 1. The van der Waals surface area contributed by atoms with E-state index in [1.165, 1.54) is 26.2 Å². The first kappa shape index (κ1) is 13.4. The number of carbonyl (C=O) groups excluding carboxylic acids is 1. The van der Waals surface area contributed by atoms with Crippen molar-refractivity contribution in [2.45, 2.75) is 50.7 Å². The highest BCUT2D eigenvalue weighted by Gasteiger charge is 2.42. The Balaban J connectivity index is 1.58. The molecular weight excluding hydrogens is 252 g/mol. The molecule has 4 nitrogen and oxygen atoms in total. The van der Waals surface area contributed by atoms with E-state index < -0.39 is 0 Å². The molecule has 1 amide bonds. The molecule has 2 fully saturated rings. The zero-order valence-corrected chi connectivity index (χ0v) is 11.9. The van der Waals surface area contributed by atoms with Crippen molar-refractivity contribution in [3.05, 3.63) is 24.3 Å². The smallest absolute Gasteiger partial charge is 0.221 e. The number of amides is 1. The molecule has 1 unspecified atom stereocenters. The van der Waals surface area contributed by atoms with Gasteiger partial charge in [0.2, 0.25) is 5.91 Å². The Hall–Kier alpha value is -1.55. The first-order valence-electron chi connectivity index (χ1n) is 7.43. The second-order valence-electron chi connectivity index (χ2n) is 5.98. The maximum Gasteiger partial charge on any atom is 0.221 e. The third kappa shape index (κ3) is 2.96. The summed E-state index contributed by atoms with van der Waals surface area (Å²) < 4.78 is 5.94. The van der Waals surface area contributed by atoms with Crippen molar-refractivity contribution in [3.63, 3.8) is 0 Å². The van der Waals surface area contributed by atoms with E-state index in [1.807, 2.05) is 24.3 Å². The van der Waals surface area contributed by atoms with Crippen LogP contribution in [-0.2, 0) is 9.53 Å². The lowest BCUT2D eigenvalue weighted by Gasteiger charge is -2.47. The van der Waals surface area contributed by atoms with E-state index in [0.29, 0.717) is 6.04 Å². The molecule has 4 heteroatoms. The second-order valence-corrected chi connectivity index (χ2v) is 5.98. The minimum absolute atomic E-state index is 0.0398. The summed E-state index contributed by atoms with van der Waals surface area (Å²) in [7, 11) is 0. The Morgan fingerprint density at radius 3 is 2.55 bits per heavy atom. The largest absolute Gasteiger partial charge is 0.382 e. The average molecular weight is 274 g/mol. The van der Waals surface area contributed by atoms with Gasteiger partial charge in [0.25, 0.3) is 0 Å². The molecule has 1 aromatic rings. The fourth-order valence-corrected chi connectivity index (χ4v) is 3.16. The van der Waals surface area contributed by atoms with Gasteiger partial charge in [-0.3, -0.25) is 4.79 Å². The van der Waals surface area contributed by atoms with Crippen LogP contribution in [0.5, 0.6) is 0 Å². The maximum absolute atomic E-state index is 11.0. The maximum atomic E-state index is 11.0. The van der Waals surface area contributed by atoms with Gasteiger partial charge in [0.05, 0.1) is 5.60 Å². The number of rotatable bonds is 3. The van der Waals surface area contributed by atoms with Crippen molar-refractivity contribution in [1.82, 2.24) is 0 Å². The fraction of sp³-hybridized carbons (Fsp3) is 0.562. The van der Waals surface area contributed by atoms with E-state index in [1.54, 1.807) is 0 Å². The molecule has 1 aliphatic carbocycles. The van der Waals surface area contributed by atoms with E-state index in [0.717, 1.165) is 30.8 Å². The molecule has 1 saturated carbocycles. The zero-order chi connectivity index (χ0) is 14.0. The summed E-state index contributed by atoms with van der Waals surface area (Å²) in [6.07, 6.45) is 5.91. The highest BCUT2D eigenvalue weighted by atomic mass is 16.5. The standard InChI is InChI=1S/C16H22N2O2/c1-12(19)17-13-3-5-14(6-4-13)18-15-7-10-20-16(11-15)8-2-9-16/h3-6,15,18H,2,7-11H2,1H3,(H,17,19). The van der Waals surface area contributed by atoms with Gasteiger partial charge in [0.1, 0.15) is 0 Å². The Bertz CT molecular complexity index is 480. The van der Waals surface area contributed by atoms with E-state index >= 15 is 0 Å². The first-order valence-corrected chi connectivity index (χ1v) is 7.43. The number of benzene rings is 1. The summed E-state index contributed by atoms with van der Waals surface area (Å²) in [6.45, 7) is 2.38. The predicted octanol–water partition coefficient (Wildman–Crippen LogP) is 3.16. The van der Waals surface area contributed by atoms with Crippen LogP contribution in [0.15, 0.2) is 24.3 Å². The number of carbonyl (C=O) groups is 1. The molecule has 2 aliphatic rings. The van der Waals surface area contributed by atoms with Gasteiger partial charge in [0.15, 0.2) is 0 Å². The lowest BCUT2D eigenvalue weighted by molar-refractivity contribution is -0.130. The Kier molecular flexibility index (Phi) is 3.66. The van der Waals surface area contributed by atoms with E-state index in [4.69, 9.17) is 4.74 Å². The van der Waals surface area contributed by atoms with Crippen molar-refractivity contribution in [1.29, 1.82) is 0 Å². The summed E-state index contributed by atoms with van der Waals surface area (Å²) in [4.78, 5) is 11.0. The van der Waals surface area contributed by atoms with Crippen LogP contribution < -0.4 is 10.6 Å². The molecule has 0 radical (unpaired) electrons. The third-order valence-corrected chi connectivity index (χ3v) is 4.33. The van der Waals surface area contributed by atoms with E-state index in [9.17, 15) is 4.79 Å². The van der Waals surface area contributed by atoms with Gasteiger partial charge in [-0.15, -0.1) is 0 Å². The Morgan fingerprint density at radius 2 is 1.95 bits per heavy atom. The summed E-state index contributed by atoms with van der Waals surface area (Å²) in [5.41, 5.74) is 2.12.